The number of carboxylic acid groups (broad SMARTS) is 1. The maximum Gasteiger partial charge on any atom is 0.321 e. The minimum Gasteiger partial charge on any atom is -0.481 e. The van der Waals surface area contributed by atoms with Gasteiger partial charge in [0.25, 0.3) is 0 Å². The van der Waals surface area contributed by atoms with E-state index in [4.69, 9.17) is 9.84 Å². The smallest absolute Gasteiger partial charge is 0.321 e. The first kappa shape index (κ1) is 17.1. The van der Waals surface area contributed by atoms with Gasteiger partial charge in [-0.1, -0.05) is 13.8 Å². The fourth-order valence-corrected chi connectivity index (χ4v) is 2.23. The lowest BCUT2D eigenvalue weighted by Crippen LogP contribution is -2.27. The highest BCUT2D eigenvalue weighted by molar-refractivity contribution is 7.86. The van der Waals surface area contributed by atoms with Crippen LogP contribution in [0.1, 0.15) is 40.0 Å². The zero-order valence-corrected chi connectivity index (χ0v) is 12.0. The van der Waals surface area contributed by atoms with Crippen LogP contribution in [0.25, 0.3) is 0 Å². The van der Waals surface area contributed by atoms with Crippen LogP contribution in [-0.4, -0.2) is 38.9 Å². The molecule has 0 saturated carbocycles. The molecule has 0 aromatic carbocycles. The molecule has 0 aliphatic rings. The summed E-state index contributed by atoms with van der Waals surface area (Å²) < 4.78 is 16.7. The molecule has 0 radical (unpaired) electrons. The zero-order valence-electron chi connectivity index (χ0n) is 11.2. The van der Waals surface area contributed by atoms with Crippen LogP contribution < -0.4 is 0 Å². The van der Waals surface area contributed by atoms with E-state index in [-0.39, 0.29) is 12.2 Å². The molecule has 0 aromatic heterocycles. The number of ether oxygens (including phenoxy) is 1. The van der Waals surface area contributed by atoms with Gasteiger partial charge in [-0.15, -0.1) is 0 Å². The third-order valence-corrected chi connectivity index (χ3v) is 4.07. The van der Waals surface area contributed by atoms with Crippen LogP contribution in [0, 0.1) is 5.92 Å². The number of hydrogen-bond donors (Lipinski definition) is 1. The van der Waals surface area contributed by atoms with Gasteiger partial charge in [-0.25, -0.2) is 0 Å². The van der Waals surface area contributed by atoms with Crippen LogP contribution in [0.2, 0.25) is 0 Å². The van der Waals surface area contributed by atoms with Gasteiger partial charge in [0.05, 0.1) is 6.61 Å². The first-order chi connectivity index (χ1) is 8.34. The first-order valence-electron chi connectivity index (χ1n) is 6.10. The number of carboxylic acids is 1. The second-order valence-electron chi connectivity index (χ2n) is 4.57. The average Bonchev–Trinajstić information content (AvgIpc) is 2.26. The molecule has 0 heterocycles. The van der Waals surface area contributed by atoms with Crippen LogP contribution in [0.15, 0.2) is 0 Å². The number of carbonyl (C=O) groups is 2. The van der Waals surface area contributed by atoms with Crippen LogP contribution in [0.3, 0.4) is 0 Å². The Morgan fingerprint density at radius 2 is 1.89 bits per heavy atom. The molecule has 0 bridgehead atoms. The van der Waals surface area contributed by atoms with Crippen LogP contribution in [-0.2, 0) is 25.1 Å². The molecule has 0 aromatic rings. The molecule has 0 saturated heterocycles. The number of aliphatic carboxylic acids is 1. The zero-order chi connectivity index (χ0) is 14.1. The fraction of sp³-hybridized carbons (Fsp3) is 0.833. The van der Waals surface area contributed by atoms with Crippen LogP contribution in [0.4, 0.5) is 0 Å². The van der Waals surface area contributed by atoms with Gasteiger partial charge in [-0.3, -0.25) is 13.8 Å². The first-order valence-corrected chi connectivity index (χ1v) is 7.48. The SMILES string of the molecule is CC(C)CCOC(=O)C(C)S(=O)CCCC(=O)O. The van der Waals surface area contributed by atoms with Crippen molar-refractivity contribution in [2.45, 2.75) is 45.3 Å². The highest BCUT2D eigenvalue weighted by Gasteiger charge is 2.21. The van der Waals surface area contributed by atoms with Crippen molar-refractivity contribution in [1.82, 2.24) is 0 Å². The quantitative estimate of drug-likeness (QED) is 0.648. The van der Waals surface area contributed by atoms with Gasteiger partial charge in [0, 0.05) is 23.0 Å². The van der Waals surface area contributed by atoms with Gasteiger partial charge in [-0.05, 0) is 25.7 Å². The molecule has 6 heteroatoms. The average molecular weight is 278 g/mol. The van der Waals surface area contributed by atoms with Crippen molar-refractivity contribution in [2.75, 3.05) is 12.4 Å². The Bertz CT molecular complexity index is 301. The summed E-state index contributed by atoms with van der Waals surface area (Å²) in [6.07, 6.45) is 1.07. The van der Waals surface area contributed by atoms with E-state index >= 15 is 0 Å². The minimum atomic E-state index is -1.36. The summed E-state index contributed by atoms with van der Waals surface area (Å²) in [4.78, 5) is 21.8. The molecule has 1 N–H and O–H groups in total. The van der Waals surface area contributed by atoms with Gasteiger partial charge < -0.3 is 9.84 Å². The molecule has 2 unspecified atom stereocenters. The lowest BCUT2D eigenvalue weighted by atomic mass is 10.1. The van der Waals surface area contributed by atoms with Gasteiger partial charge in [0.15, 0.2) is 0 Å². The molecule has 2 atom stereocenters. The molecule has 0 aliphatic carbocycles. The van der Waals surface area contributed by atoms with Gasteiger partial charge in [0.2, 0.25) is 0 Å². The fourth-order valence-electron chi connectivity index (χ4n) is 1.16. The van der Waals surface area contributed by atoms with Crippen LogP contribution in [0.5, 0.6) is 0 Å². The van der Waals surface area contributed by atoms with Crippen molar-refractivity contribution >= 4 is 22.7 Å². The maximum atomic E-state index is 11.7. The molecular weight excluding hydrogens is 256 g/mol. The number of hydrogen-bond acceptors (Lipinski definition) is 4. The normalized spacial score (nSPS) is 14.2. The van der Waals surface area contributed by atoms with Crippen molar-refractivity contribution in [3.63, 3.8) is 0 Å². The second-order valence-corrected chi connectivity index (χ2v) is 6.45. The summed E-state index contributed by atoms with van der Waals surface area (Å²) in [6.45, 7) is 5.95. The summed E-state index contributed by atoms with van der Waals surface area (Å²) in [5.41, 5.74) is 0. The number of esters is 1. The van der Waals surface area contributed by atoms with Crippen molar-refractivity contribution in [3.05, 3.63) is 0 Å². The standard InChI is InChI=1S/C12H22O5S/c1-9(2)6-7-17-12(15)10(3)18(16)8-4-5-11(13)14/h9-10H,4-8H2,1-3H3,(H,13,14). The van der Waals surface area contributed by atoms with Gasteiger partial charge in [0.1, 0.15) is 5.25 Å². The Morgan fingerprint density at radius 1 is 1.28 bits per heavy atom. The third-order valence-electron chi connectivity index (χ3n) is 2.40. The van der Waals surface area contributed by atoms with E-state index in [1.54, 1.807) is 6.92 Å². The molecule has 106 valence electrons. The molecular formula is C12H22O5S. The predicted octanol–water partition coefficient (Wildman–Crippen LogP) is 1.58. The Hall–Kier alpha value is -0.910. The molecule has 0 amide bonds. The van der Waals surface area contributed by atoms with Gasteiger partial charge in [-0.2, -0.15) is 0 Å². The van der Waals surface area contributed by atoms with Crippen molar-refractivity contribution < 1.29 is 23.6 Å². The van der Waals surface area contributed by atoms with E-state index in [1.165, 1.54) is 0 Å². The largest absolute Gasteiger partial charge is 0.481 e. The molecule has 18 heavy (non-hydrogen) atoms. The van der Waals surface area contributed by atoms with E-state index in [1.807, 2.05) is 13.8 Å². The lowest BCUT2D eigenvalue weighted by Gasteiger charge is -2.12. The Balaban J connectivity index is 3.89. The Kier molecular flexibility index (Phi) is 8.62. The minimum absolute atomic E-state index is 0.0269. The van der Waals surface area contributed by atoms with E-state index < -0.39 is 28.0 Å². The monoisotopic (exact) mass is 278 g/mol. The van der Waals surface area contributed by atoms with Crippen molar-refractivity contribution in [2.24, 2.45) is 5.92 Å². The lowest BCUT2D eigenvalue weighted by molar-refractivity contribution is -0.143. The highest BCUT2D eigenvalue weighted by Crippen LogP contribution is 2.05. The summed E-state index contributed by atoms with van der Waals surface area (Å²) >= 11 is 0. The topological polar surface area (TPSA) is 80.7 Å². The Labute approximate surface area is 110 Å². The number of carbonyl (C=O) groups excluding carboxylic acids is 1. The highest BCUT2D eigenvalue weighted by atomic mass is 32.2. The summed E-state index contributed by atoms with van der Waals surface area (Å²) in [6, 6.07) is 0. The summed E-state index contributed by atoms with van der Waals surface area (Å²) in [7, 11) is -1.36. The van der Waals surface area contributed by atoms with Crippen molar-refractivity contribution in [3.8, 4) is 0 Å². The number of rotatable bonds is 9. The van der Waals surface area contributed by atoms with Crippen molar-refractivity contribution in [1.29, 1.82) is 0 Å². The third kappa shape index (κ3) is 8.22. The molecule has 0 spiro atoms. The second kappa shape index (κ2) is 9.08. The van der Waals surface area contributed by atoms with E-state index in [2.05, 4.69) is 0 Å². The molecule has 0 rings (SSSR count). The molecule has 0 aliphatic heterocycles. The summed E-state index contributed by atoms with van der Waals surface area (Å²) in [5, 5.41) is 7.76. The Morgan fingerprint density at radius 3 is 2.39 bits per heavy atom. The van der Waals surface area contributed by atoms with Gasteiger partial charge >= 0.3 is 11.9 Å². The van der Waals surface area contributed by atoms with E-state index in [0.717, 1.165) is 6.42 Å². The maximum absolute atomic E-state index is 11.7. The van der Waals surface area contributed by atoms with Crippen LogP contribution >= 0.6 is 0 Å². The molecule has 5 nitrogen and oxygen atoms in total. The van der Waals surface area contributed by atoms with E-state index in [9.17, 15) is 13.8 Å². The van der Waals surface area contributed by atoms with E-state index in [0.29, 0.717) is 18.9 Å². The summed E-state index contributed by atoms with van der Waals surface area (Å²) in [5.74, 6) is -0.718. The molecule has 0 fully saturated rings. The predicted molar refractivity (Wildman–Crippen MR) is 69.8 cm³/mol.